The lowest BCUT2D eigenvalue weighted by molar-refractivity contribution is 0.0323. The Morgan fingerprint density at radius 1 is 1.40 bits per heavy atom. The summed E-state index contributed by atoms with van der Waals surface area (Å²) < 4.78 is 12.1. The van der Waals surface area contributed by atoms with Gasteiger partial charge < -0.3 is 14.8 Å². The molecule has 0 radical (unpaired) electrons. The predicted molar refractivity (Wildman–Crippen MR) is 62.6 cm³/mol. The minimum atomic E-state index is -0.103. The number of hydrogen-bond donors (Lipinski definition) is 1. The van der Waals surface area contributed by atoms with E-state index in [1.165, 1.54) is 0 Å². The fraction of sp³-hybridized carbons (Fsp3) is 0.455. The van der Waals surface area contributed by atoms with Crippen LogP contribution in [0.5, 0.6) is 11.5 Å². The first-order chi connectivity index (χ1) is 7.14. The average molecular weight is 272 g/mol. The van der Waals surface area contributed by atoms with Gasteiger partial charge in [-0.3, -0.25) is 0 Å². The molecule has 82 valence electrons. The van der Waals surface area contributed by atoms with Crippen LogP contribution in [0.2, 0.25) is 0 Å². The van der Waals surface area contributed by atoms with Crippen LogP contribution >= 0.6 is 15.9 Å². The molecule has 1 aromatic carbocycles. The number of rotatable bonds is 3. The lowest BCUT2D eigenvalue weighted by Gasteiger charge is -2.39. The van der Waals surface area contributed by atoms with Crippen LogP contribution in [0, 0.1) is 0 Å². The second kappa shape index (κ2) is 4.02. The van der Waals surface area contributed by atoms with E-state index in [1.54, 1.807) is 7.11 Å². The maximum atomic E-state index is 5.92. The highest BCUT2D eigenvalue weighted by Crippen LogP contribution is 2.37. The van der Waals surface area contributed by atoms with E-state index in [-0.39, 0.29) is 5.60 Å². The molecule has 0 amide bonds. The fourth-order valence-electron chi connectivity index (χ4n) is 1.58. The molecule has 0 spiro atoms. The van der Waals surface area contributed by atoms with Crippen molar-refractivity contribution >= 4 is 15.9 Å². The molecule has 15 heavy (non-hydrogen) atoms. The van der Waals surface area contributed by atoms with Crippen molar-refractivity contribution < 1.29 is 9.47 Å². The number of nitrogens with one attached hydrogen (secondary N) is 1. The van der Waals surface area contributed by atoms with Crippen LogP contribution in [0.1, 0.15) is 6.92 Å². The van der Waals surface area contributed by atoms with E-state index >= 15 is 0 Å². The molecule has 2 rings (SSSR count). The third kappa shape index (κ3) is 2.11. The summed E-state index contributed by atoms with van der Waals surface area (Å²) in [6, 6.07) is 5.80. The number of para-hydroxylation sites is 1. The van der Waals surface area contributed by atoms with Crippen molar-refractivity contribution in [3.05, 3.63) is 22.7 Å². The topological polar surface area (TPSA) is 30.5 Å². The van der Waals surface area contributed by atoms with Gasteiger partial charge in [-0.05, 0) is 35.0 Å². The Morgan fingerprint density at radius 3 is 2.67 bits per heavy atom. The van der Waals surface area contributed by atoms with Crippen LogP contribution < -0.4 is 14.8 Å². The zero-order valence-electron chi connectivity index (χ0n) is 8.84. The largest absolute Gasteiger partial charge is 0.492 e. The number of halogens is 1. The number of ether oxygens (including phenoxy) is 2. The van der Waals surface area contributed by atoms with E-state index in [9.17, 15) is 0 Å². The summed E-state index contributed by atoms with van der Waals surface area (Å²) in [5, 5.41) is 3.20. The second-order valence-electron chi connectivity index (χ2n) is 3.93. The minimum absolute atomic E-state index is 0.103. The van der Waals surface area contributed by atoms with Crippen molar-refractivity contribution in [2.45, 2.75) is 12.5 Å². The van der Waals surface area contributed by atoms with Crippen LogP contribution in [0.3, 0.4) is 0 Å². The normalized spacial score (nSPS) is 18.1. The Labute approximate surface area is 97.9 Å². The standard InChI is InChI=1S/C11H14BrNO2/c1-11(6-13-7-11)15-9-5-3-4-8(12)10(9)14-2/h3-5,13H,6-7H2,1-2H3. The first kappa shape index (κ1) is 10.8. The fourth-order valence-corrected chi connectivity index (χ4v) is 2.09. The highest BCUT2D eigenvalue weighted by atomic mass is 79.9. The predicted octanol–water partition coefficient (Wildman–Crippen LogP) is 2.20. The minimum Gasteiger partial charge on any atom is -0.492 e. The first-order valence-electron chi connectivity index (χ1n) is 4.87. The number of hydrogen-bond acceptors (Lipinski definition) is 3. The highest BCUT2D eigenvalue weighted by molar-refractivity contribution is 9.10. The molecule has 0 aliphatic carbocycles. The van der Waals surface area contributed by atoms with E-state index < -0.39 is 0 Å². The average Bonchev–Trinajstić information content (AvgIpc) is 2.16. The van der Waals surface area contributed by atoms with E-state index in [0.717, 1.165) is 29.1 Å². The van der Waals surface area contributed by atoms with Crippen LogP contribution in [-0.2, 0) is 0 Å². The molecule has 1 N–H and O–H groups in total. The Bertz CT molecular complexity index is 364. The summed E-state index contributed by atoms with van der Waals surface area (Å²) in [4.78, 5) is 0. The molecule has 1 fully saturated rings. The lowest BCUT2D eigenvalue weighted by atomic mass is 10.00. The van der Waals surface area contributed by atoms with Crippen LogP contribution in [-0.4, -0.2) is 25.8 Å². The van der Waals surface area contributed by atoms with Crippen molar-refractivity contribution in [1.82, 2.24) is 5.32 Å². The summed E-state index contributed by atoms with van der Waals surface area (Å²) in [6.07, 6.45) is 0. The van der Waals surface area contributed by atoms with Crippen LogP contribution in [0.15, 0.2) is 22.7 Å². The molecular weight excluding hydrogens is 258 g/mol. The third-order valence-electron chi connectivity index (χ3n) is 2.49. The van der Waals surface area contributed by atoms with Crippen molar-refractivity contribution in [3.8, 4) is 11.5 Å². The molecule has 0 atom stereocenters. The summed E-state index contributed by atoms with van der Waals surface area (Å²) in [6.45, 7) is 3.84. The Balaban J connectivity index is 2.23. The molecular formula is C11H14BrNO2. The van der Waals surface area contributed by atoms with Gasteiger partial charge in [0.1, 0.15) is 5.60 Å². The zero-order chi connectivity index (χ0) is 10.9. The van der Waals surface area contributed by atoms with Crippen molar-refractivity contribution in [2.75, 3.05) is 20.2 Å². The smallest absolute Gasteiger partial charge is 0.174 e. The summed E-state index contributed by atoms with van der Waals surface area (Å²) in [7, 11) is 1.65. The Hall–Kier alpha value is -0.740. The van der Waals surface area contributed by atoms with Gasteiger partial charge in [0, 0.05) is 13.1 Å². The van der Waals surface area contributed by atoms with Gasteiger partial charge in [0.05, 0.1) is 11.6 Å². The van der Waals surface area contributed by atoms with E-state index in [0.29, 0.717) is 0 Å². The van der Waals surface area contributed by atoms with Gasteiger partial charge >= 0.3 is 0 Å². The highest BCUT2D eigenvalue weighted by Gasteiger charge is 2.34. The quantitative estimate of drug-likeness (QED) is 0.915. The summed E-state index contributed by atoms with van der Waals surface area (Å²) >= 11 is 3.43. The van der Waals surface area contributed by atoms with Gasteiger partial charge in [-0.15, -0.1) is 0 Å². The molecule has 1 heterocycles. The molecule has 1 aliphatic rings. The first-order valence-corrected chi connectivity index (χ1v) is 5.66. The molecule has 0 unspecified atom stereocenters. The summed E-state index contributed by atoms with van der Waals surface area (Å²) in [5.74, 6) is 1.54. The van der Waals surface area contributed by atoms with E-state index in [1.807, 2.05) is 18.2 Å². The molecule has 1 saturated heterocycles. The molecule has 0 aromatic heterocycles. The monoisotopic (exact) mass is 271 g/mol. The molecule has 0 bridgehead atoms. The molecule has 3 nitrogen and oxygen atoms in total. The van der Waals surface area contributed by atoms with Gasteiger partial charge in [0.25, 0.3) is 0 Å². The van der Waals surface area contributed by atoms with Crippen molar-refractivity contribution in [3.63, 3.8) is 0 Å². The molecule has 1 aliphatic heterocycles. The SMILES string of the molecule is COc1c(Br)cccc1OC1(C)CNC1. The maximum Gasteiger partial charge on any atom is 0.174 e. The number of methoxy groups -OCH3 is 1. The number of benzene rings is 1. The second-order valence-corrected chi connectivity index (χ2v) is 4.78. The van der Waals surface area contributed by atoms with Gasteiger partial charge in [-0.2, -0.15) is 0 Å². The molecule has 0 saturated carbocycles. The van der Waals surface area contributed by atoms with E-state index in [4.69, 9.17) is 9.47 Å². The maximum absolute atomic E-state index is 5.92. The van der Waals surface area contributed by atoms with Gasteiger partial charge in [0.15, 0.2) is 11.5 Å². The van der Waals surface area contributed by atoms with Crippen molar-refractivity contribution in [2.24, 2.45) is 0 Å². The molecule has 1 aromatic rings. The van der Waals surface area contributed by atoms with Crippen LogP contribution in [0.4, 0.5) is 0 Å². The van der Waals surface area contributed by atoms with Crippen LogP contribution in [0.25, 0.3) is 0 Å². The van der Waals surface area contributed by atoms with Gasteiger partial charge in [-0.1, -0.05) is 6.07 Å². The lowest BCUT2D eigenvalue weighted by Crippen LogP contribution is -2.61. The zero-order valence-corrected chi connectivity index (χ0v) is 10.4. The summed E-state index contributed by atoms with van der Waals surface area (Å²) in [5.41, 5.74) is -0.103. The third-order valence-corrected chi connectivity index (χ3v) is 3.11. The Morgan fingerprint density at radius 2 is 2.13 bits per heavy atom. The Kier molecular flexibility index (Phi) is 2.89. The van der Waals surface area contributed by atoms with E-state index in [2.05, 4.69) is 28.2 Å². The van der Waals surface area contributed by atoms with Gasteiger partial charge in [-0.25, -0.2) is 0 Å². The molecule has 4 heteroatoms. The van der Waals surface area contributed by atoms with Crippen molar-refractivity contribution in [1.29, 1.82) is 0 Å². The van der Waals surface area contributed by atoms with Gasteiger partial charge in [0.2, 0.25) is 0 Å².